The minimum atomic E-state index is -1.33. The molecule has 1 heterocycles. The van der Waals surface area contributed by atoms with Crippen molar-refractivity contribution >= 4 is 11.8 Å². The molecule has 1 aliphatic heterocycles. The summed E-state index contributed by atoms with van der Waals surface area (Å²) >= 11 is 0. The van der Waals surface area contributed by atoms with Gasteiger partial charge in [-0.25, -0.2) is 0 Å². The summed E-state index contributed by atoms with van der Waals surface area (Å²) < 4.78 is 10.8. The van der Waals surface area contributed by atoms with Gasteiger partial charge in [-0.1, -0.05) is 13.8 Å². The zero-order chi connectivity index (χ0) is 17.5. The number of nitrogens with one attached hydrogen (secondary N) is 2. The fourth-order valence-electron chi connectivity index (χ4n) is 2.06. The maximum atomic E-state index is 11.7. The standard InChI is InChI=1S/C15H28N2O6/c1-14(2,10-18)12(20)13(21)17-6-4-11(19)16-7-5-15(3)22-8-9-23-15/h12,18,20H,4-10H2,1-3H3,(H,16,19)(H,17,21). The van der Waals surface area contributed by atoms with Crippen molar-refractivity contribution in [2.45, 2.75) is 45.5 Å². The van der Waals surface area contributed by atoms with Crippen LogP contribution in [0, 0.1) is 5.41 Å². The first-order valence-electron chi connectivity index (χ1n) is 7.81. The Morgan fingerprint density at radius 3 is 2.39 bits per heavy atom. The summed E-state index contributed by atoms with van der Waals surface area (Å²) in [6, 6.07) is 0. The van der Waals surface area contributed by atoms with Gasteiger partial charge < -0.3 is 30.3 Å². The second kappa shape index (κ2) is 8.58. The summed E-state index contributed by atoms with van der Waals surface area (Å²) in [5.74, 6) is -1.44. The molecule has 0 aromatic heterocycles. The number of carbonyl (C=O) groups excluding carboxylic acids is 2. The predicted octanol–water partition coefficient (Wildman–Crippen LogP) is -0.859. The number of ether oxygens (including phenoxy) is 2. The molecular weight excluding hydrogens is 304 g/mol. The molecule has 2 amide bonds. The molecular formula is C15H28N2O6. The van der Waals surface area contributed by atoms with Gasteiger partial charge in [0, 0.05) is 31.3 Å². The molecule has 8 nitrogen and oxygen atoms in total. The molecule has 1 rings (SSSR count). The van der Waals surface area contributed by atoms with Crippen molar-refractivity contribution in [2.24, 2.45) is 5.41 Å². The molecule has 1 saturated heterocycles. The predicted molar refractivity (Wildman–Crippen MR) is 82.4 cm³/mol. The van der Waals surface area contributed by atoms with Crippen LogP contribution in [0.5, 0.6) is 0 Å². The minimum Gasteiger partial charge on any atom is -0.396 e. The lowest BCUT2D eigenvalue weighted by Crippen LogP contribution is -2.46. The minimum absolute atomic E-state index is 0.108. The first kappa shape index (κ1) is 19.8. The molecule has 1 aliphatic rings. The van der Waals surface area contributed by atoms with Crippen molar-refractivity contribution in [3.8, 4) is 0 Å². The third kappa shape index (κ3) is 6.42. The largest absolute Gasteiger partial charge is 0.396 e. The number of aliphatic hydroxyl groups is 2. The molecule has 0 bridgehead atoms. The van der Waals surface area contributed by atoms with Crippen molar-refractivity contribution in [1.29, 1.82) is 0 Å². The number of aliphatic hydroxyl groups excluding tert-OH is 2. The van der Waals surface area contributed by atoms with Crippen LogP contribution in [0.3, 0.4) is 0 Å². The first-order chi connectivity index (χ1) is 10.7. The molecule has 0 spiro atoms. The van der Waals surface area contributed by atoms with Crippen molar-refractivity contribution in [2.75, 3.05) is 32.9 Å². The summed E-state index contributed by atoms with van der Waals surface area (Å²) in [5, 5.41) is 24.1. The molecule has 8 heteroatoms. The lowest BCUT2D eigenvalue weighted by molar-refractivity contribution is -0.146. The summed E-state index contributed by atoms with van der Waals surface area (Å²) in [7, 11) is 0. The SMILES string of the molecule is CC1(CCNC(=O)CCNC(=O)C(O)C(C)(C)CO)OCCO1. The van der Waals surface area contributed by atoms with Gasteiger partial charge >= 0.3 is 0 Å². The van der Waals surface area contributed by atoms with E-state index in [9.17, 15) is 14.7 Å². The van der Waals surface area contributed by atoms with Crippen LogP contribution >= 0.6 is 0 Å². The molecule has 1 fully saturated rings. The van der Waals surface area contributed by atoms with Crippen LogP contribution in [-0.2, 0) is 19.1 Å². The van der Waals surface area contributed by atoms with E-state index >= 15 is 0 Å². The Morgan fingerprint density at radius 1 is 1.22 bits per heavy atom. The molecule has 1 unspecified atom stereocenters. The third-order valence-electron chi connectivity index (χ3n) is 3.85. The molecule has 0 saturated carbocycles. The summed E-state index contributed by atoms with van der Waals surface area (Å²) in [6.45, 7) is 6.33. The van der Waals surface area contributed by atoms with E-state index in [-0.39, 0.29) is 25.5 Å². The van der Waals surface area contributed by atoms with E-state index in [0.29, 0.717) is 26.2 Å². The maximum Gasteiger partial charge on any atom is 0.249 e. The lowest BCUT2D eigenvalue weighted by atomic mass is 9.87. The lowest BCUT2D eigenvalue weighted by Gasteiger charge is -2.27. The number of hydrogen-bond acceptors (Lipinski definition) is 6. The van der Waals surface area contributed by atoms with Crippen molar-refractivity contribution in [1.82, 2.24) is 10.6 Å². The molecule has 0 aromatic rings. The fraction of sp³-hybridized carbons (Fsp3) is 0.867. The van der Waals surface area contributed by atoms with Crippen LogP contribution in [0.4, 0.5) is 0 Å². The van der Waals surface area contributed by atoms with Gasteiger partial charge in [-0.15, -0.1) is 0 Å². The Hall–Kier alpha value is -1.22. The van der Waals surface area contributed by atoms with Crippen LogP contribution in [0.2, 0.25) is 0 Å². The molecule has 4 N–H and O–H groups in total. The van der Waals surface area contributed by atoms with E-state index in [1.807, 2.05) is 6.92 Å². The van der Waals surface area contributed by atoms with Crippen molar-refractivity contribution < 1.29 is 29.3 Å². The third-order valence-corrected chi connectivity index (χ3v) is 3.85. The zero-order valence-corrected chi connectivity index (χ0v) is 14.1. The van der Waals surface area contributed by atoms with E-state index < -0.39 is 23.2 Å². The van der Waals surface area contributed by atoms with Gasteiger partial charge in [0.1, 0.15) is 6.10 Å². The molecule has 134 valence electrons. The second-order valence-electron chi connectivity index (χ2n) is 6.52. The normalized spacial score (nSPS) is 18.5. The van der Waals surface area contributed by atoms with Gasteiger partial charge in [-0.2, -0.15) is 0 Å². The van der Waals surface area contributed by atoms with Crippen LogP contribution in [0.1, 0.15) is 33.6 Å². The Kier molecular flexibility index (Phi) is 7.40. The topological polar surface area (TPSA) is 117 Å². The highest BCUT2D eigenvalue weighted by Crippen LogP contribution is 2.21. The van der Waals surface area contributed by atoms with Crippen LogP contribution in [0.15, 0.2) is 0 Å². The monoisotopic (exact) mass is 332 g/mol. The van der Waals surface area contributed by atoms with E-state index in [0.717, 1.165) is 0 Å². The number of hydrogen-bond donors (Lipinski definition) is 4. The van der Waals surface area contributed by atoms with Crippen molar-refractivity contribution in [3.63, 3.8) is 0 Å². The Morgan fingerprint density at radius 2 is 1.83 bits per heavy atom. The van der Waals surface area contributed by atoms with Crippen molar-refractivity contribution in [3.05, 3.63) is 0 Å². The van der Waals surface area contributed by atoms with E-state index in [4.69, 9.17) is 14.6 Å². The van der Waals surface area contributed by atoms with E-state index in [2.05, 4.69) is 10.6 Å². The Labute approximate surface area is 136 Å². The van der Waals surface area contributed by atoms with Gasteiger partial charge in [-0.05, 0) is 6.92 Å². The van der Waals surface area contributed by atoms with Gasteiger partial charge in [0.2, 0.25) is 11.8 Å². The van der Waals surface area contributed by atoms with Gasteiger partial charge in [0.25, 0.3) is 0 Å². The van der Waals surface area contributed by atoms with E-state index in [1.54, 1.807) is 13.8 Å². The highest BCUT2D eigenvalue weighted by molar-refractivity contribution is 5.82. The number of rotatable bonds is 9. The summed E-state index contributed by atoms with van der Waals surface area (Å²) in [6.07, 6.45) is -0.669. The average Bonchev–Trinajstić information content (AvgIpc) is 2.93. The highest BCUT2D eigenvalue weighted by atomic mass is 16.7. The average molecular weight is 332 g/mol. The Bertz CT molecular complexity index is 407. The van der Waals surface area contributed by atoms with Crippen LogP contribution in [0.25, 0.3) is 0 Å². The zero-order valence-electron chi connectivity index (χ0n) is 14.1. The number of amides is 2. The van der Waals surface area contributed by atoms with Gasteiger partial charge in [0.15, 0.2) is 5.79 Å². The fourth-order valence-corrected chi connectivity index (χ4v) is 2.06. The second-order valence-corrected chi connectivity index (χ2v) is 6.52. The quantitative estimate of drug-likeness (QED) is 0.437. The number of carbonyl (C=O) groups is 2. The Balaban J connectivity index is 2.17. The molecule has 1 atom stereocenters. The molecule has 0 aliphatic carbocycles. The van der Waals surface area contributed by atoms with Gasteiger partial charge in [-0.3, -0.25) is 9.59 Å². The summed E-state index contributed by atoms with van der Waals surface area (Å²) in [5.41, 5.74) is -0.928. The first-order valence-corrected chi connectivity index (χ1v) is 7.81. The van der Waals surface area contributed by atoms with E-state index in [1.165, 1.54) is 0 Å². The highest BCUT2D eigenvalue weighted by Gasteiger charge is 2.33. The smallest absolute Gasteiger partial charge is 0.249 e. The summed E-state index contributed by atoms with van der Waals surface area (Å²) in [4.78, 5) is 23.4. The van der Waals surface area contributed by atoms with Crippen LogP contribution in [-0.4, -0.2) is 66.8 Å². The molecule has 0 aromatic carbocycles. The van der Waals surface area contributed by atoms with Gasteiger partial charge in [0.05, 0.1) is 19.8 Å². The molecule has 23 heavy (non-hydrogen) atoms. The van der Waals surface area contributed by atoms with Crippen LogP contribution < -0.4 is 10.6 Å². The molecule has 0 radical (unpaired) electrons. The maximum absolute atomic E-state index is 11.7.